The van der Waals surface area contributed by atoms with Gasteiger partial charge in [-0.25, -0.2) is 9.97 Å². The molecular formula is C11H17ClN2OS. The van der Waals surface area contributed by atoms with Crippen LogP contribution in [0.3, 0.4) is 0 Å². The number of thioether (sulfide) groups is 1. The molecule has 0 fully saturated rings. The molecule has 1 atom stereocenters. The average molecular weight is 261 g/mol. The van der Waals surface area contributed by atoms with E-state index in [0.717, 1.165) is 29.4 Å². The van der Waals surface area contributed by atoms with Crippen LogP contribution in [-0.4, -0.2) is 27.4 Å². The van der Waals surface area contributed by atoms with Gasteiger partial charge in [0.15, 0.2) is 0 Å². The van der Waals surface area contributed by atoms with Crippen molar-refractivity contribution < 1.29 is 5.11 Å². The zero-order valence-corrected chi connectivity index (χ0v) is 11.2. The second kappa shape index (κ2) is 7.09. The van der Waals surface area contributed by atoms with Crippen molar-refractivity contribution in [2.24, 2.45) is 5.92 Å². The van der Waals surface area contributed by atoms with Gasteiger partial charge in [-0.2, -0.15) is 0 Å². The Hall–Kier alpha value is -0.320. The van der Waals surface area contributed by atoms with Crippen molar-refractivity contribution in [2.45, 2.75) is 31.7 Å². The summed E-state index contributed by atoms with van der Waals surface area (Å²) in [5.41, 5.74) is 0. The van der Waals surface area contributed by atoms with Crippen molar-refractivity contribution >= 4 is 23.4 Å². The van der Waals surface area contributed by atoms with Gasteiger partial charge in [0.05, 0.1) is 0 Å². The van der Waals surface area contributed by atoms with Crippen LogP contribution in [0.15, 0.2) is 11.1 Å². The van der Waals surface area contributed by atoms with Crippen LogP contribution in [0.5, 0.6) is 0 Å². The largest absolute Gasteiger partial charge is 0.396 e. The standard InChI is InChI=1S/C11H17ClN2OS/c1-3-4-10-13-9(12)5-11(14-10)16-7-8(2)6-15/h5,8,15H,3-4,6-7H2,1-2H3. The highest BCUT2D eigenvalue weighted by Gasteiger charge is 2.06. The molecule has 1 aromatic heterocycles. The Morgan fingerprint density at radius 1 is 1.50 bits per heavy atom. The Morgan fingerprint density at radius 3 is 2.88 bits per heavy atom. The molecule has 1 N–H and O–H groups in total. The first kappa shape index (κ1) is 13.7. The summed E-state index contributed by atoms with van der Waals surface area (Å²) in [6, 6.07) is 1.77. The lowest BCUT2D eigenvalue weighted by molar-refractivity contribution is 0.250. The number of halogens is 1. The van der Waals surface area contributed by atoms with Crippen molar-refractivity contribution in [3.8, 4) is 0 Å². The predicted molar refractivity (Wildman–Crippen MR) is 68.0 cm³/mol. The number of nitrogens with zero attached hydrogens (tertiary/aromatic N) is 2. The fourth-order valence-electron chi connectivity index (χ4n) is 1.13. The first-order valence-electron chi connectivity index (χ1n) is 5.42. The third kappa shape index (κ3) is 4.68. The molecule has 0 aromatic carbocycles. The summed E-state index contributed by atoms with van der Waals surface area (Å²) in [5.74, 6) is 1.91. The highest BCUT2D eigenvalue weighted by atomic mass is 35.5. The smallest absolute Gasteiger partial charge is 0.133 e. The highest BCUT2D eigenvalue weighted by molar-refractivity contribution is 7.99. The third-order valence-electron chi connectivity index (χ3n) is 2.02. The summed E-state index contributed by atoms with van der Waals surface area (Å²) in [7, 11) is 0. The minimum atomic E-state index is 0.202. The van der Waals surface area contributed by atoms with Crippen LogP contribution in [0, 0.1) is 5.92 Å². The molecule has 3 nitrogen and oxygen atoms in total. The molecule has 0 radical (unpaired) electrons. The number of aromatic nitrogens is 2. The molecule has 0 aliphatic rings. The maximum atomic E-state index is 8.93. The van der Waals surface area contributed by atoms with E-state index < -0.39 is 0 Å². The number of rotatable bonds is 6. The molecule has 5 heteroatoms. The minimum absolute atomic E-state index is 0.202. The van der Waals surface area contributed by atoms with Crippen molar-refractivity contribution in [1.29, 1.82) is 0 Å². The predicted octanol–water partition coefficient (Wildman–Crippen LogP) is 2.80. The Kier molecular flexibility index (Phi) is 6.09. The SMILES string of the molecule is CCCc1nc(Cl)cc(SCC(C)CO)n1. The van der Waals surface area contributed by atoms with E-state index in [9.17, 15) is 0 Å². The average Bonchev–Trinajstić information content (AvgIpc) is 2.25. The van der Waals surface area contributed by atoms with Crippen LogP contribution in [0.2, 0.25) is 5.15 Å². The van der Waals surface area contributed by atoms with E-state index >= 15 is 0 Å². The van der Waals surface area contributed by atoms with Crippen LogP contribution in [0.1, 0.15) is 26.1 Å². The van der Waals surface area contributed by atoms with Gasteiger partial charge >= 0.3 is 0 Å². The van der Waals surface area contributed by atoms with Crippen LogP contribution >= 0.6 is 23.4 Å². The summed E-state index contributed by atoms with van der Waals surface area (Å²) in [6.45, 7) is 4.29. The quantitative estimate of drug-likeness (QED) is 0.631. The lowest BCUT2D eigenvalue weighted by Gasteiger charge is -2.07. The molecule has 90 valence electrons. The van der Waals surface area contributed by atoms with Gasteiger partial charge in [-0.3, -0.25) is 0 Å². The van der Waals surface area contributed by atoms with Crippen LogP contribution in [0.25, 0.3) is 0 Å². The van der Waals surface area contributed by atoms with Crippen molar-refractivity contribution in [1.82, 2.24) is 9.97 Å². The van der Waals surface area contributed by atoms with Crippen molar-refractivity contribution in [2.75, 3.05) is 12.4 Å². The molecule has 1 unspecified atom stereocenters. The fourth-order valence-corrected chi connectivity index (χ4v) is 2.32. The maximum absolute atomic E-state index is 8.93. The monoisotopic (exact) mass is 260 g/mol. The summed E-state index contributed by atoms with van der Waals surface area (Å²) in [4.78, 5) is 8.58. The van der Waals surface area contributed by atoms with E-state index in [1.807, 2.05) is 6.92 Å². The lowest BCUT2D eigenvalue weighted by Crippen LogP contribution is -2.04. The third-order valence-corrected chi connectivity index (χ3v) is 3.45. The summed E-state index contributed by atoms with van der Waals surface area (Å²) in [5, 5.41) is 10.3. The van der Waals surface area contributed by atoms with Gasteiger partial charge in [0.25, 0.3) is 0 Å². The Morgan fingerprint density at radius 2 is 2.25 bits per heavy atom. The van der Waals surface area contributed by atoms with Crippen molar-refractivity contribution in [3.05, 3.63) is 17.0 Å². The maximum Gasteiger partial charge on any atom is 0.133 e. The molecule has 0 amide bonds. The summed E-state index contributed by atoms with van der Waals surface area (Å²) < 4.78 is 0. The minimum Gasteiger partial charge on any atom is -0.396 e. The zero-order valence-electron chi connectivity index (χ0n) is 9.61. The number of aryl methyl sites for hydroxylation is 1. The number of aliphatic hydroxyl groups excluding tert-OH is 1. The van der Waals surface area contributed by atoms with Gasteiger partial charge in [-0.05, 0) is 12.3 Å². The van der Waals surface area contributed by atoms with E-state index in [4.69, 9.17) is 16.7 Å². The molecular weight excluding hydrogens is 244 g/mol. The van der Waals surface area contributed by atoms with Gasteiger partial charge in [0.1, 0.15) is 16.0 Å². The van der Waals surface area contributed by atoms with Gasteiger partial charge < -0.3 is 5.11 Å². The van der Waals surface area contributed by atoms with Crippen LogP contribution in [-0.2, 0) is 6.42 Å². The number of hydrogen-bond donors (Lipinski definition) is 1. The van der Waals surface area contributed by atoms with Gasteiger partial charge in [0.2, 0.25) is 0 Å². The van der Waals surface area contributed by atoms with E-state index in [-0.39, 0.29) is 12.5 Å². The molecule has 0 bridgehead atoms. The molecule has 0 saturated carbocycles. The fraction of sp³-hybridized carbons (Fsp3) is 0.636. The summed E-state index contributed by atoms with van der Waals surface area (Å²) >= 11 is 7.53. The topological polar surface area (TPSA) is 46.0 Å². The Balaban J connectivity index is 2.64. The molecule has 1 aromatic rings. The molecule has 1 rings (SSSR count). The molecule has 0 saturated heterocycles. The molecule has 1 heterocycles. The van der Waals surface area contributed by atoms with Gasteiger partial charge in [0, 0.05) is 24.8 Å². The van der Waals surface area contributed by atoms with E-state index in [1.54, 1.807) is 17.8 Å². The Labute approximate surface area is 106 Å². The second-order valence-electron chi connectivity index (χ2n) is 3.79. The van der Waals surface area contributed by atoms with Gasteiger partial charge in [-0.1, -0.05) is 25.4 Å². The van der Waals surface area contributed by atoms with E-state index in [2.05, 4.69) is 16.9 Å². The lowest BCUT2D eigenvalue weighted by atomic mass is 10.2. The molecule has 16 heavy (non-hydrogen) atoms. The normalized spacial score (nSPS) is 12.8. The number of aliphatic hydroxyl groups is 1. The summed E-state index contributed by atoms with van der Waals surface area (Å²) in [6.07, 6.45) is 1.86. The number of hydrogen-bond acceptors (Lipinski definition) is 4. The Bertz CT molecular complexity index is 336. The van der Waals surface area contributed by atoms with E-state index in [1.165, 1.54) is 0 Å². The van der Waals surface area contributed by atoms with Crippen LogP contribution < -0.4 is 0 Å². The van der Waals surface area contributed by atoms with Crippen molar-refractivity contribution in [3.63, 3.8) is 0 Å². The zero-order chi connectivity index (χ0) is 12.0. The first-order chi connectivity index (χ1) is 7.65. The molecule has 0 aliphatic heterocycles. The first-order valence-corrected chi connectivity index (χ1v) is 6.79. The molecule has 0 aliphatic carbocycles. The second-order valence-corrected chi connectivity index (χ2v) is 5.22. The van der Waals surface area contributed by atoms with Crippen LogP contribution in [0.4, 0.5) is 0 Å². The highest BCUT2D eigenvalue weighted by Crippen LogP contribution is 2.21. The van der Waals surface area contributed by atoms with E-state index in [0.29, 0.717) is 5.15 Å². The van der Waals surface area contributed by atoms with Gasteiger partial charge in [-0.15, -0.1) is 11.8 Å². The molecule has 0 spiro atoms.